The topological polar surface area (TPSA) is 60.3 Å². The van der Waals surface area contributed by atoms with E-state index in [1.165, 1.54) is 7.11 Å². The number of carbonyl (C=O) groups is 2. The molecule has 0 radical (unpaired) electrons. The Balaban J connectivity index is 1.93. The van der Waals surface area contributed by atoms with Crippen LogP contribution >= 0.6 is 11.6 Å². The molecule has 1 N–H and O–H groups in total. The third-order valence-corrected chi connectivity index (χ3v) is 4.51. The van der Waals surface area contributed by atoms with E-state index in [9.17, 15) is 9.59 Å². The van der Waals surface area contributed by atoms with Crippen LogP contribution in [0.3, 0.4) is 0 Å². The van der Waals surface area contributed by atoms with Crippen LogP contribution in [0.2, 0.25) is 5.02 Å². The van der Waals surface area contributed by atoms with Crippen LogP contribution in [0.4, 0.5) is 5.69 Å². The van der Waals surface area contributed by atoms with Crippen molar-refractivity contribution in [3.63, 3.8) is 0 Å². The lowest BCUT2D eigenvalue weighted by Gasteiger charge is -2.12. The van der Waals surface area contributed by atoms with Crippen LogP contribution in [0.25, 0.3) is 10.9 Å². The number of para-hydroxylation sites is 1. The summed E-state index contributed by atoms with van der Waals surface area (Å²) in [5, 5.41) is 4.18. The first-order valence-electron chi connectivity index (χ1n) is 8.26. The van der Waals surface area contributed by atoms with Gasteiger partial charge in [-0.25, -0.2) is 0 Å². The van der Waals surface area contributed by atoms with Crippen molar-refractivity contribution in [2.45, 2.75) is 19.9 Å². The summed E-state index contributed by atoms with van der Waals surface area (Å²) in [5.74, 6) is 0.300. The van der Waals surface area contributed by atoms with E-state index in [1.807, 2.05) is 29.7 Å². The van der Waals surface area contributed by atoms with Crippen molar-refractivity contribution in [3.05, 3.63) is 58.7 Å². The predicted octanol–water partition coefficient (Wildman–Crippen LogP) is 4.32. The number of ether oxygens (including phenoxy) is 1. The molecule has 0 fully saturated rings. The average Bonchev–Trinajstić information content (AvgIpc) is 2.99. The van der Waals surface area contributed by atoms with Crippen LogP contribution in [0.15, 0.2) is 42.6 Å². The normalized spacial score (nSPS) is 10.7. The predicted molar refractivity (Wildman–Crippen MR) is 103 cm³/mol. The lowest BCUT2D eigenvalue weighted by molar-refractivity contribution is -0.116. The van der Waals surface area contributed by atoms with Gasteiger partial charge in [0.25, 0.3) is 0 Å². The third-order valence-electron chi connectivity index (χ3n) is 4.27. The molecule has 0 bridgehead atoms. The number of nitrogens with zero attached hydrogens (tertiary/aromatic N) is 1. The first-order chi connectivity index (χ1) is 12.6. The highest BCUT2D eigenvalue weighted by Crippen LogP contribution is 2.28. The van der Waals surface area contributed by atoms with Gasteiger partial charge in [-0.15, -0.1) is 0 Å². The van der Waals surface area contributed by atoms with Gasteiger partial charge in [0.2, 0.25) is 5.91 Å². The van der Waals surface area contributed by atoms with Gasteiger partial charge in [-0.1, -0.05) is 36.7 Å². The Bertz CT molecular complexity index is 979. The summed E-state index contributed by atoms with van der Waals surface area (Å²) in [5.41, 5.74) is 3.07. The van der Waals surface area contributed by atoms with Gasteiger partial charge in [0, 0.05) is 22.2 Å². The zero-order chi connectivity index (χ0) is 18.7. The van der Waals surface area contributed by atoms with Crippen molar-refractivity contribution in [2.24, 2.45) is 0 Å². The highest BCUT2D eigenvalue weighted by atomic mass is 35.5. The number of benzene rings is 2. The first kappa shape index (κ1) is 18.0. The number of rotatable bonds is 6. The summed E-state index contributed by atoms with van der Waals surface area (Å²) in [7, 11) is 1.53. The molecule has 0 atom stereocenters. The lowest BCUT2D eigenvalue weighted by Crippen LogP contribution is -2.19. The molecular formula is C20H19ClN2O3. The quantitative estimate of drug-likeness (QED) is 0.657. The van der Waals surface area contributed by atoms with Crippen molar-refractivity contribution in [2.75, 3.05) is 12.4 Å². The van der Waals surface area contributed by atoms with Crippen molar-refractivity contribution in [3.8, 4) is 5.75 Å². The number of carbonyl (C=O) groups excluding carboxylic acids is 2. The molecule has 26 heavy (non-hydrogen) atoms. The van der Waals surface area contributed by atoms with E-state index in [2.05, 4.69) is 5.32 Å². The maximum absolute atomic E-state index is 12.6. The summed E-state index contributed by atoms with van der Waals surface area (Å²) < 4.78 is 7.06. The van der Waals surface area contributed by atoms with Crippen molar-refractivity contribution in [1.82, 2.24) is 4.57 Å². The van der Waals surface area contributed by atoms with E-state index >= 15 is 0 Å². The summed E-state index contributed by atoms with van der Waals surface area (Å²) >= 11 is 6.01. The Labute approximate surface area is 156 Å². The number of nitrogens with one attached hydrogen (secondary N) is 1. The molecule has 0 aliphatic rings. The Morgan fingerprint density at radius 2 is 2.12 bits per heavy atom. The number of anilines is 1. The fraction of sp³-hybridized carbons (Fsp3) is 0.200. The van der Waals surface area contributed by atoms with Gasteiger partial charge in [-0.05, 0) is 30.2 Å². The Kier molecular flexibility index (Phi) is 5.28. The molecule has 0 aliphatic heterocycles. The van der Waals surface area contributed by atoms with Crippen LogP contribution in [0.1, 0.15) is 22.8 Å². The minimum atomic E-state index is -0.231. The number of aldehydes is 1. The van der Waals surface area contributed by atoms with E-state index in [4.69, 9.17) is 16.3 Å². The van der Waals surface area contributed by atoms with Gasteiger partial charge in [0.15, 0.2) is 6.29 Å². The second-order valence-corrected chi connectivity index (χ2v) is 6.33. The van der Waals surface area contributed by atoms with E-state index in [1.54, 1.807) is 24.4 Å². The van der Waals surface area contributed by atoms with Crippen LogP contribution < -0.4 is 10.1 Å². The summed E-state index contributed by atoms with van der Waals surface area (Å²) in [6.07, 6.45) is 3.34. The average molecular weight is 371 g/mol. The third kappa shape index (κ3) is 3.44. The van der Waals surface area contributed by atoms with E-state index in [0.29, 0.717) is 22.0 Å². The van der Waals surface area contributed by atoms with Gasteiger partial charge < -0.3 is 14.6 Å². The maximum atomic E-state index is 12.6. The Morgan fingerprint density at radius 1 is 1.31 bits per heavy atom. The van der Waals surface area contributed by atoms with Crippen LogP contribution in [0.5, 0.6) is 5.75 Å². The van der Waals surface area contributed by atoms with Crippen LogP contribution in [-0.2, 0) is 17.8 Å². The minimum absolute atomic E-state index is 0.0804. The maximum Gasteiger partial charge on any atom is 0.244 e. The molecule has 1 heterocycles. The number of methoxy groups -OCH3 is 1. The van der Waals surface area contributed by atoms with Gasteiger partial charge in [-0.3, -0.25) is 9.59 Å². The molecule has 0 unspecified atom stereocenters. The summed E-state index contributed by atoms with van der Waals surface area (Å²) in [4.78, 5) is 24.0. The molecule has 0 spiro atoms. The lowest BCUT2D eigenvalue weighted by atomic mass is 10.1. The number of hydrogen-bond donors (Lipinski definition) is 1. The molecule has 0 aliphatic carbocycles. The molecule has 6 heteroatoms. The fourth-order valence-corrected chi connectivity index (χ4v) is 3.26. The number of halogens is 1. The molecule has 5 nitrogen and oxygen atoms in total. The van der Waals surface area contributed by atoms with E-state index in [-0.39, 0.29) is 12.5 Å². The number of aryl methyl sites for hydroxylation is 1. The van der Waals surface area contributed by atoms with E-state index < -0.39 is 0 Å². The first-order valence-corrected chi connectivity index (χ1v) is 8.64. The molecule has 134 valence electrons. The van der Waals surface area contributed by atoms with Gasteiger partial charge in [0.1, 0.15) is 12.3 Å². The van der Waals surface area contributed by atoms with Crippen LogP contribution in [0, 0.1) is 0 Å². The molecule has 0 saturated heterocycles. The highest BCUT2D eigenvalue weighted by molar-refractivity contribution is 6.31. The molecule has 1 amide bonds. The number of hydrogen-bond acceptors (Lipinski definition) is 3. The second-order valence-electron chi connectivity index (χ2n) is 5.89. The number of aromatic nitrogens is 1. The van der Waals surface area contributed by atoms with Gasteiger partial charge >= 0.3 is 0 Å². The van der Waals surface area contributed by atoms with Crippen molar-refractivity contribution < 1.29 is 14.3 Å². The molecular weight excluding hydrogens is 352 g/mol. The van der Waals surface area contributed by atoms with Gasteiger partial charge in [-0.2, -0.15) is 0 Å². The van der Waals surface area contributed by atoms with E-state index in [0.717, 1.165) is 29.2 Å². The van der Waals surface area contributed by atoms with Crippen molar-refractivity contribution in [1.29, 1.82) is 0 Å². The highest BCUT2D eigenvalue weighted by Gasteiger charge is 2.15. The Hall–Kier alpha value is -2.79. The zero-order valence-electron chi connectivity index (χ0n) is 14.6. The van der Waals surface area contributed by atoms with Crippen LogP contribution in [-0.4, -0.2) is 23.9 Å². The smallest absolute Gasteiger partial charge is 0.244 e. The number of fused-ring (bicyclic) bond motifs is 1. The number of amides is 1. The summed E-state index contributed by atoms with van der Waals surface area (Å²) in [6.45, 7) is 2.13. The molecule has 0 saturated carbocycles. The van der Waals surface area contributed by atoms with Gasteiger partial charge in [0.05, 0.1) is 18.3 Å². The standard InChI is InChI=1S/C20H19ClN2O3/c1-3-13-5-4-6-16-14(12-24)10-23(20(13)16)11-19(25)22-17-9-15(21)7-8-18(17)26-2/h4-10,12H,3,11H2,1-2H3,(H,22,25). The Morgan fingerprint density at radius 3 is 2.81 bits per heavy atom. The summed E-state index contributed by atoms with van der Waals surface area (Å²) in [6, 6.07) is 10.9. The molecule has 3 aromatic rings. The fourth-order valence-electron chi connectivity index (χ4n) is 3.09. The molecule has 1 aromatic heterocycles. The minimum Gasteiger partial charge on any atom is -0.495 e. The zero-order valence-corrected chi connectivity index (χ0v) is 15.3. The molecule has 2 aromatic carbocycles. The molecule has 3 rings (SSSR count). The SMILES string of the molecule is CCc1cccc2c(C=O)cn(CC(=O)Nc3cc(Cl)ccc3OC)c12. The van der Waals surface area contributed by atoms with Crippen molar-refractivity contribution >= 4 is 40.4 Å². The monoisotopic (exact) mass is 370 g/mol. The second kappa shape index (κ2) is 7.62. The largest absolute Gasteiger partial charge is 0.495 e.